The molecule has 106 valence electrons. The van der Waals surface area contributed by atoms with Gasteiger partial charge in [-0.1, -0.05) is 12.1 Å². The van der Waals surface area contributed by atoms with Gasteiger partial charge in [-0.2, -0.15) is 4.98 Å². The molecule has 1 aromatic carbocycles. The Bertz CT molecular complexity index is 546. The van der Waals surface area contributed by atoms with Crippen molar-refractivity contribution >= 4 is 5.95 Å². The third kappa shape index (κ3) is 4.12. The first-order chi connectivity index (χ1) is 9.81. The van der Waals surface area contributed by atoms with Crippen molar-refractivity contribution in [3.63, 3.8) is 0 Å². The van der Waals surface area contributed by atoms with Crippen molar-refractivity contribution in [2.24, 2.45) is 0 Å². The Kier molecular flexibility index (Phi) is 5.17. The number of rotatable bonds is 7. The van der Waals surface area contributed by atoms with E-state index >= 15 is 0 Å². The molecule has 0 unspecified atom stereocenters. The molecule has 0 aliphatic rings. The molecule has 0 aliphatic heterocycles. The zero-order valence-corrected chi connectivity index (χ0v) is 11.8. The Hall–Kier alpha value is -2.30. The Balaban J connectivity index is 1.87. The molecular formula is C15H19N3O2. The SMILES string of the molecule is CCOc1ccnc(NCCc2cccc(OC)c2)n1. The lowest BCUT2D eigenvalue weighted by molar-refractivity contribution is 0.326. The second-order valence-electron chi connectivity index (χ2n) is 4.18. The molecule has 1 aromatic heterocycles. The molecule has 0 amide bonds. The Morgan fingerprint density at radius 2 is 2.15 bits per heavy atom. The van der Waals surface area contributed by atoms with Crippen molar-refractivity contribution in [1.29, 1.82) is 0 Å². The smallest absolute Gasteiger partial charge is 0.225 e. The van der Waals surface area contributed by atoms with Crippen LogP contribution in [0.1, 0.15) is 12.5 Å². The number of aromatic nitrogens is 2. The molecule has 5 heteroatoms. The summed E-state index contributed by atoms with van der Waals surface area (Å²) in [5.41, 5.74) is 1.21. The first-order valence-electron chi connectivity index (χ1n) is 6.64. The predicted octanol–water partition coefficient (Wildman–Crippen LogP) is 2.54. The minimum atomic E-state index is 0.582. The fourth-order valence-corrected chi connectivity index (χ4v) is 1.80. The highest BCUT2D eigenvalue weighted by Crippen LogP contribution is 2.13. The summed E-state index contributed by atoms with van der Waals surface area (Å²) in [4.78, 5) is 8.42. The Labute approximate surface area is 119 Å². The molecule has 0 radical (unpaired) electrons. The second kappa shape index (κ2) is 7.33. The number of benzene rings is 1. The summed E-state index contributed by atoms with van der Waals surface area (Å²) in [6.07, 6.45) is 2.56. The van der Waals surface area contributed by atoms with E-state index in [1.54, 1.807) is 19.4 Å². The molecule has 0 atom stereocenters. The van der Waals surface area contributed by atoms with E-state index in [1.165, 1.54) is 5.56 Å². The van der Waals surface area contributed by atoms with E-state index in [-0.39, 0.29) is 0 Å². The van der Waals surface area contributed by atoms with E-state index < -0.39 is 0 Å². The molecule has 0 spiro atoms. The molecule has 20 heavy (non-hydrogen) atoms. The van der Waals surface area contributed by atoms with E-state index in [0.717, 1.165) is 18.7 Å². The summed E-state index contributed by atoms with van der Waals surface area (Å²) in [5.74, 6) is 2.04. The number of hydrogen-bond acceptors (Lipinski definition) is 5. The Morgan fingerprint density at radius 3 is 2.95 bits per heavy atom. The van der Waals surface area contributed by atoms with Crippen LogP contribution in [0.25, 0.3) is 0 Å². The summed E-state index contributed by atoms with van der Waals surface area (Å²) >= 11 is 0. The number of hydrogen-bond donors (Lipinski definition) is 1. The van der Waals surface area contributed by atoms with Gasteiger partial charge < -0.3 is 14.8 Å². The lowest BCUT2D eigenvalue weighted by atomic mass is 10.1. The Morgan fingerprint density at radius 1 is 1.25 bits per heavy atom. The van der Waals surface area contributed by atoms with Crippen molar-refractivity contribution in [3.8, 4) is 11.6 Å². The van der Waals surface area contributed by atoms with Crippen molar-refractivity contribution in [1.82, 2.24) is 9.97 Å². The van der Waals surface area contributed by atoms with Gasteiger partial charge in [0.25, 0.3) is 0 Å². The molecule has 1 N–H and O–H groups in total. The number of nitrogens with zero attached hydrogens (tertiary/aromatic N) is 2. The van der Waals surface area contributed by atoms with Gasteiger partial charge in [0, 0.05) is 18.8 Å². The molecule has 2 rings (SSSR count). The highest BCUT2D eigenvalue weighted by atomic mass is 16.5. The van der Waals surface area contributed by atoms with Crippen LogP contribution in [0.5, 0.6) is 11.6 Å². The maximum atomic E-state index is 5.33. The number of methoxy groups -OCH3 is 1. The average molecular weight is 273 g/mol. The van der Waals surface area contributed by atoms with Crippen LogP contribution >= 0.6 is 0 Å². The summed E-state index contributed by atoms with van der Waals surface area (Å²) < 4.78 is 10.5. The van der Waals surface area contributed by atoms with Gasteiger partial charge in [-0.25, -0.2) is 4.98 Å². The highest BCUT2D eigenvalue weighted by molar-refractivity contribution is 5.31. The topological polar surface area (TPSA) is 56.3 Å². The maximum Gasteiger partial charge on any atom is 0.225 e. The third-order valence-electron chi connectivity index (χ3n) is 2.75. The average Bonchev–Trinajstić information content (AvgIpc) is 2.48. The van der Waals surface area contributed by atoms with Crippen LogP contribution in [0.3, 0.4) is 0 Å². The van der Waals surface area contributed by atoms with Gasteiger partial charge in [-0.3, -0.25) is 0 Å². The van der Waals surface area contributed by atoms with E-state index in [0.29, 0.717) is 18.4 Å². The fourth-order valence-electron chi connectivity index (χ4n) is 1.80. The summed E-state index contributed by atoms with van der Waals surface area (Å²) in [6.45, 7) is 3.28. The minimum Gasteiger partial charge on any atom is -0.497 e. The van der Waals surface area contributed by atoms with E-state index in [1.807, 2.05) is 25.1 Å². The van der Waals surface area contributed by atoms with Gasteiger partial charge in [0.2, 0.25) is 11.8 Å². The summed E-state index contributed by atoms with van der Waals surface area (Å²) in [7, 11) is 1.67. The summed E-state index contributed by atoms with van der Waals surface area (Å²) in [6, 6.07) is 9.77. The lowest BCUT2D eigenvalue weighted by Crippen LogP contribution is -2.08. The van der Waals surface area contributed by atoms with Gasteiger partial charge in [0.05, 0.1) is 13.7 Å². The molecule has 1 heterocycles. The first kappa shape index (κ1) is 14.1. The molecular weight excluding hydrogens is 254 g/mol. The summed E-state index contributed by atoms with van der Waals surface area (Å²) in [5, 5.41) is 3.19. The largest absolute Gasteiger partial charge is 0.497 e. The van der Waals surface area contributed by atoms with Gasteiger partial charge in [0.1, 0.15) is 5.75 Å². The molecule has 0 saturated heterocycles. The van der Waals surface area contributed by atoms with Crippen molar-refractivity contribution in [2.45, 2.75) is 13.3 Å². The van der Waals surface area contributed by atoms with Crippen LogP contribution in [0.15, 0.2) is 36.5 Å². The van der Waals surface area contributed by atoms with E-state index in [4.69, 9.17) is 9.47 Å². The highest BCUT2D eigenvalue weighted by Gasteiger charge is 2.00. The maximum absolute atomic E-state index is 5.33. The number of ether oxygens (including phenoxy) is 2. The standard InChI is InChI=1S/C15H19N3O2/c1-3-20-14-8-10-17-15(18-14)16-9-7-12-5-4-6-13(11-12)19-2/h4-6,8,10-11H,3,7,9H2,1-2H3,(H,16,17,18). The van der Waals surface area contributed by atoms with Crippen molar-refractivity contribution in [3.05, 3.63) is 42.1 Å². The molecule has 0 saturated carbocycles. The van der Waals surface area contributed by atoms with Crippen LogP contribution in [0, 0.1) is 0 Å². The van der Waals surface area contributed by atoms with Crippen LogP contribution in [0.2, 0.25) is 0 Å². The van der Waals surface area contributed by atoms with Crippen molar-refractivity contribution in [2.75, 3.05) is 25.6 Å². The number of nitrogens with one attached hydrogen (secondary N) is 1. The monoisotopic (exact) mass is 273 g/mol. The van der Waals surface area contributed by atoms with Gasteiger partial charge in [0.15, 0.2) is 0 Å². The number of anilines is 1. The molecule has 0 bridgehead atoms. The third-order valence-corrected chi connectivity index (χ3v) is 2.75. The quantitative estimate of drug-likeness (QED) is 0.840. The van der Waals surface area contributed by atoms with Crippen LogP contribution < -0.4 is 14.8 Å². The first-order valence-corrected chi connectivity index (χ1v) is 6.64. The zero-order chi connectivity index (χ0) is 14.2. The van der Waals surface area contributed by atoms with Gasteiger partial charge >= 0.3 is 0 Å². The fraction of sp³-hybridized carbons (Fsp3) is 0.333. The van der Waals surface area contributed by atoms with E-state index in [2.05, 4.69) is 21.4 Å². The van der Waals surface area contributed by atoms with Gasteiger partial charge in [-0.05, 0) is 31.0 Å². The van der Waals surface area contributed by atoms with E-state index in [9.17, 15) is 0 Å². The van der Waals surface area contributed by atoms with Crippen molar-refractivity contribution < 1.29 is 9.47 Å². The lowest BCUT2D eigenvalue weighted by Gasteiger charge is -2.07. The van der Waals surface area contributed by atoms with Crippen LogP contribution in [-0.4, -0.2) is 30.2 Å². The molecule has 2 aromatic rings. The second-order valence-corrected chi connectivity index (χ2v) is 4.18. The molecule has 0 aliphatic carbocycles. The zero-order valence-electron chi connectivity index (χ0n) is 11.8. The predicted molar refractivity (Wildman–Crippen MR) is 78.4 cm³/mol. The minimum absolute atomic E-state index is 0.582. The normalized spacial score (nSPS) is 10.1. The van der Waals surface area contributed by atoms with Gasteiger partial charge in [-0.15, -0.1) is 0 Å². The van der Waals surface area contributed by atoms with Crippen LogP contribution in [-0.2, 0) is 6.42 Å². The molecule has 5 nitrogen and oxygen atoms in total. The molecule has 0 fully saturated rings. The van der Waals surface area contributed by atoms with Crippen LogP contribution in [0.4, 0.5) is 5.95 Å².